The summed E-state index contributed by atoms with van der Waals surface area (Å²) >= 11 is 0. The molecule has 5 nitrogen and oxygen atoms in total. The fraction of sp³-hybridized carbons (Fsp3) is 0.857. The minimum Gasteiger partial charge on any atom is -0.308 e. The van der Waals surface area contributed by atoms with Gasteiger partial charge in [0, 0.05) is 6.04 Å². The van der Waals surface area contributed by atoms with Gasteiger partial charge in [0.1, 0.15) is 6.54 Å². The molecular formula is C7H13F2N5. The zero-order chi connectivity index (χ0) is 10.6. The minimum absolute atomic E-state index is 0.270. The predicted octanol–water partition coefficient (Wildman–Crippen LogP) is 0.436. The van der Waals surface area contributed by atoms with Gasteiger partial charge in [-0.2, -0.15) is 0 Å². The van der Waals surface area contributed by atoms with Crippen LogP contribution < -0.4 is 5.32 Å². The van der Waals surface area contributed by atoms with Gasteiger partial charge in [0.05, 0.1) is 6.54 Å². The van der Waals surface area contributed by atoms with Crippen LogP contribution in [0.2, 0.25) is 0 Å². The summed E-state index contributed by atoms with van der Waals surface area (Å²) in [5.41, 5.74) is 0. The Morgan fingerprint density at radius 1 is 1.43 bits per heavy atom. The van der Waals surface area contributed by atoms with Crippen molar-refractivity contribution in [2.75, 3.05) is 0 Å². The largest absolute Gasteiger partial charge is 0.308 e. The molecule has 0 amide bonds. The van der Waals surface area contributed by atoms with Crippen LogP contribution in [0.25, 0.3) is 0 Å². The molecule has 1 N–H and O–H groups in total. The van der Waals surface area contributed by atoms with Crippen LogP contribution in [0.1, 0.15) is 19.7 Å². The highest BCUT2D eigenvalue weighted by Crippen LogP contribution is 1.99. The molecule has 1 aromatic heterocycles. The molecule has 7 heteroatoms. The highest BCUT2D eigenvalue weighted by atomic mass is 19.3. The maximum atomic E-state index is 12.0. The summed E-state index contributed by atoms with van der Waals surface area (Å²) in [7, 11) is 0. The second kappa shape index (κ2) is 4.94. The number of aromatic nitrogens is 4. The van der Waals surface area contributed by atoms with Crippen molar-refractivity contribution in [3.05, 3.63) is 5.82 Å². The van der Waals surface area contributed by atoms with E-state index in [1.807, 2.05) is 13.8 Å². The summed E-state index contributed by atoms with van der Waals surface area (Å²) in [5.74, 6) is 0.430. The fourth-order valence-corrected chi connectivity index (χ4v) is 0.918. The van der Waals surface area contributed by atoms with Crippen LogP contribution in [-0.2, 0) is 13.1 Å². The number of nitrogens with one attached hydrogen (secondary N) is 1. The fourth-order valence-electron chi connectivity index (χ4n) is 0.918. The number of halogens is 2. The van der Waals surface area contributed by atoms with E-state index in [2.05, 4.69) is 20.8 Å². The van der Waals surface area contributed by atoms with Gasteiger partial charge in [0.15, 0.2) is 5.82 Å². The summed E-state index contributed by atoms with van der Waals surface area (Å²) in [5, 5.41) is 13.5. The molecule has 0 aromatic carbocycles. The van der Waals surface area contributed by atoms with Gasteiger partial charge < -0.3 is 5.32 Å². The van der Waals surface area contributed by atoms with Gasteiger partial charge in [-0.05, 0) is 10.4 Å². The Hall–Kier alpha value is -1.11. The number of tetrazole rings is 1. The van der Waals surface area contributed by atoms with Crippen molar-refractivity contribution < 1.29 is 8.78 Å². The third-order valence-electron chi connectivity index (χ3n) is 1.59. The van der Waals surface area contributed by atoms with Crippen molar-refractivity contribution in [1.82, 2.24) is 25.5 Å². The van der Waals surface area contributed by atoms with E-state index in [1.54, 1.807) is 0 Å². The molecule has 1 rings (SSSR count). The van der Waals surface area contributed by atoms with Gasteiger partial charge in [0.2, 0.25) is 0 Å². The van der Waals surface area contributed by atoms with Gasteiger partial charge >= 0.3 is 0 Å². The van der Waals surface area contributed by atoms with Gasteiger partial charge in [-0.25, -0.2) is 13.5 Å². The Labute approximate surface area is 80.5 Å². The standard InChI is InChI=1S/C7H13F2N5/c1-5(2)10-3-7-11-12-13-14(7)4-6(8)9/h5-6,10H,3-4H2,1-2H3. The zero-order valence-corrected chi connectivity index (χ0v) is 8.11. The Kier molecular flexibility index (Phi) is 3.87. The average Bonchev–Trinajstić information content (AvgIpc) is 2.47. The Balaban J connectivity index is 2.53. The van der Waals surface area contributed by atoms with Crippen LogP contribution in [0.5, 0.6) is 0 Å². The van der Waals surface area contributed by atoms with E-state index in [0.29, 0.717) is 12.4 Å². The SMILES string of the molecule is CC(C)NCc1nnnn1CC(F)F. The molecular weight excluding hydrogens is 192 g/mol. The molecule has 0 saturated heterocycles. The lowest BCUT2D eigenvalue weighted by molar-refractivity contribution is 0.119. The summed E-state index contributed by atoms with van der Waals surface area (Å²) < 4.78 is 25.2. The molecule has 0 spiro atoms. The quantitative estimate of drug-likeness (QED) is 0.757. The molecule has 0 bridgehead atoms. The topological polar surface area (TPSA) is 55.6 Å². The molecule has 0 aliphatic carbocycles. The first-order valence-corrected chi connectivity index (χ1v) is 4.36. The first kappa shape index (κ1) is 11.0. The first-order chi connectivity index (χ1) is 6.59. The van der Waals surface area contributed by atoms with E-state index >= 15 is 0 Å². The average molecular weight is 205 g/mol. The molecule has 0 saturated carbocycles. The van der Waals surface area contributed by atoms with Crippen molar-refractivity contribution in [3.8, 4) is 0 Å². The van der Waals surface area contributed by atoms with E-state index < -0.39 is 13.0 Å². The van der Waals surface area contributed by atoms with Crippen LogP contribution in [0.4, 0.5) is 8.78 Å². The van der Waals surface area contributed by atoms with Gasteiger partial charge in [-0.1, -0.05) is 13.8 Å². The molecule has 1 aromatic rings. The van der Waals surface area contributed by atoms with Crippen molar-refractivity contribution in [3.63, 3.8) is 0 Å². The lowest BCUT2D eigenvalue weighted by atomic mass is 10.4. The van der Waals surface area contributed by atoms with Crippen molar-refractivity contribution in [2.24, 2.45) is 0 Å². The van der Waals surface area contributed by atoms with Crippen LogP contribution in [0, 0.1) is 0 Å². The summed E-state index contributed by atoms with van der Waals surface area (Å²) in [6.45, 7) is 3.86. The second-order valence-electron chi connectivity index (χ2n) is 3.20. The maximum absolute atomic E-state index is 12.0. The minimum atomic E-state index is -2.43. The lowest BCUT2D eigenvalue weighted by Gasteiger charge is -2.07. The zero-order valence-electron chi connectivity index (χ0n) is 8.11. The Morgan fingerprint density at radius 2 is 2.14 bits per heavy atom. The normalized spacial score (nSPS) is 11.6. The smallest absolute Gasteiger partial charge is 0.258 e. The third kappa shape index (κ3) is 3.33. The summed E-state index contributed by atoms with van der Waals surface area (Å²) in [6.07, 6.45) is -2.43. The highest BCUT2D eigenvalue weighted by Gasteiger charge is 2.11. The molecule has 1 heterocycles. The molecule has 0 aliphatic heterocycles. The van der Waals surface area contributed by atoms with E-state index in [0.717, 1.165) is 4.68 Å². The van der Waals surface area contributed by atoms with Crippen molar-refractivity contribution in [1.29, 1.82) is 0 Å². The van der Waals surface area contributed by atoms with Crippen LogP contribution in [-0.4, -0.2) is 32.7 Å². The highest BCUT2D eigenvalue weighted by molar-refractivity contribution is 4.80. The van der Waals surface area contributed by atoms with Crippen LogP contribution in [0.15, 0.2) is 0 Å². The Morgan fingerprint density at radius 3 is 2.71 bits per heavy atom. The lowest BCUT2D eigenvalue weighted by Crippen LogP contribution is -2.25. The van der Waals surface area contributed by atoms with E-state index in [4.69, 9.17) is 0 Å². The molecule has 0 fully saturated rings. The van der Waals surface area contributed by atoms with E-state index in [1.165, 1.54) is 0 Å². The van der Waals surface area contributed by atoms with Crippen LogP contribution in [0.3, 0.4) is 0 Å². The Bertz CT molecular complexity index is 273. The van der Waals surface area contributed by atoms with Crippen LogP contribution >= 0.6 is 0 Å². The number of alkyl halides is 2. The van der Waals surface area contributed by atoms with E-state index in [9.17, 15) is 8.78 Å². The van der Waals surface area contributed by atoms with Gasteiger partial charge in [-0.3, -0.25) is 0 Å². The third-order valence-corrected chi connectivity index (χ3v) is 1.59. The first-order valence-electron chi connectivity index (χ1n) is 4.36. The van der Waals surface area contributed by atoms with Crippen molar-refractivity contribution in [2.45, 2.75) is 39.4 Å². The predicted molar refractivity (Wildman–Crippen MR) is 45.8 cm³/mol. The van der Waals surface area contributed by atoms with Gasteiger partial charge in [-0.15, -0.1) is 5.10 Å². The molecule has 0 radical (unpaired) electrons. The summed E-state index contributed by atoms with van der Waals surface area (Å²) in [4.78, 5) is 0. The maximum Gasteiger partial charge on any atom is 0.258 e. The summed E-state index contributed by atoms with van der Waals surface area (Å²) in [6, 6.07) is 0.270. The second-order valence-corrected chi connectivity index (χ2v) is 3.20. The molecule has 0 unspecified atom stereocenters. The number of hydrogen-bond donors (Lipinski definition) is 1. The van der Waals surface area contributed by atoms with Gasteiger partial charge in [0.25, 0.3) is 6.43 Å². The molecule has 80 valence electrons. The monoisotopic (exact) mass is 205 g/mol. The van der Waals surface area contributed by atoms with E-state index in [-0.39, 0.29) is 6.04 Å². The molecule has 0 aliphatic rings. The number of rotatable bonds is 5. The molecule has 0 atom stereocenters. The van der Waals surface area contributed by atoms with Crippen molar-refractivity contribution >= 4 is 0 Å². The number of nitrogens with zero attached hydrogens (tertiary/aromatic N) is 4. The molecule has 14 heavy (non-hydrogen) atoms. The number of hydrogen-bond acceptors (Lipinski definition) is 4.